The molecule has 1 heterocycles. The Kier molecular flexibility index (Phi) is 3.01. The molecular formula is C12H22N2O. The van der Waals surface area contributed by atoms with Crippen molar-refractivity contribution in [1.82, 2.24) is 10.6 Å². The first-order chi connectivity index (χ1) is 7.17. The van der Waals surface area contributed by atoms with Crippen LogP contribution in [0.2, 0.25) is 0 Å². The van der Waals surface area contributed by atoms with Gasteiger partial charge in [-0.1, -0.05) is 6.92 Å². The van der Waals surface area contributed by atoms with Crippen LogP contribution in [0.4, 0.5) is 0 Å². The van der Waals surface area contributed by atoms with E-state index in [0.29, 0.717) is 6.04 Å². The standard InChI is InChI=1S/C12H22N2O/c1-3-12(6-4-7-12)14-11(15)10-5-8-13-9(10)2/h9-10,13H,3-8H2,1-2H3,(H,14,15). The summed E-state index contributed by atoms with van der Waals surface area (Å²) in [5, 5.41) is 6.60. The smallest absolute Gasteiger partial charge is 0.225 e. The zero-order valence-corrected chi connectivity index (χ0v) is 9.81. The average Bonchev–Trinajstić information content (AvgIpc) is 2.58. The summed E-state index contributed by atoms with van der Waals surface area (Å²) >= 11 is 0. The highest BCUT2D eigenvalue weighted by Gasteiger charge is 2.39. The normalized spacial score (nSPS) is 33.5. The number of carbonyl (C=O) groups is 1. The Balaban J connectivity index is 1.91. The first-order valence-corrected chi connectivity index (χ1v) is 6.22. The van der Waals surface area contributed by atoms with E-state index in [9.17, 15) is 4.79 Å². The number of hydrogen-bond acceptors (Lipinski definition) is 2. The Hall–Kier alpha value is -0.570. The second kappa shape index (κ2) is 4.12. The Bertz CT molecular complexity index is 242. The molecule has 1 aliphatic heterocycles. The van der Waals surface area contributed by atoms with Crippen LogP contribution in [0.25, 0.3) is 0 Å². The van der Waals surface area contributed by atoms with Gasteiger partial charge in [0, 0.05) is 11.6 Å². The summed E-state index contributed by atoms with van der Waals surface area (Å²) in [5.74, 6) is 0.461. The van der Waals surface area contributed by atoms with Gasteiger partial charge in [0.25, 0.3) is 0 Å². The van der Waals surface area contributed by atoms with Gasteiger partial charge in [-0.3, -0.25) is 4.79 Å². The summed E-state index contributed by atoms with van der Waals surface area (Å²) in [6, 6.07) is 0.346. The van der Waals surface area contributed by atoms with E-state index in [1.807, 2.05) is 0 Å². The first kappa shape index (κ1) is 10.9. The molecule has 3 heteroatoms. The minimum absolute atomic E-state index is 0.152. The van der Waals surface area contributed by atoms with Crippen LogP contribution in [0.1, 0.15) is 46.0 Å². The lowest BCUT2D eigenvalue weighted by Gasteiger charge is -2.42. The fourth-order valence-corrected chi connectivity index (χ4v) is 2.74. The van der Waals surface area contributed by atoms with Gasteiger partial charge in [-0.25, -0.2) is 0 Å². The van der Waals surface area contributed by atoms with Gasteiger partial charge in [0.15, 0.2) is 0 Å². The highest BCUT2D eigenvalue weighted by Crippen LogP contribution is 2.35. The zero-order chi connectivity index (χ0) is 10.9. The van der Waals surface area contributed by atoms with Gasteiger partial charge >= 0.3 is 0 Å². The molecule has 0 aromatic rings. The predicted octanol–water partition coefficient (Wildman–Crippen LogP) is 1.43. The van der Waals surface area contributed by atoms with Crippen molar-refractivity contribution in [2.75, 3.05) is 6.54 Å². The van der Waals surface area contributed by atoms with Crippen LogP contribution in [0.5, 0.6) is 0 Å². The molecule has 1 aliphatic carbocycles. The van der Waals surface area contributed by atoms with Crippen molar-refractivity contribution in [3.63, 3.8) is 0 Å². The zero-order valence-electron chi connectivity index (χ0n) is 9.81. The predicted molar refractivity (Wildman–Crippen MR) is 60.6 cm³/mol. The molecule has 3 nitrogen and oxygen atoms in total. The van der Waals surface area contributed by atoms with Crippen molar-refractivity contribution in [3.05, 3.63) is 0 Å². The van der Waals surface area contributed by atoms with Crippen molar-refractivity contribution in [1.29, 1.82) is 0 Å². The van der Waals surface area contributed by atoms with Crippen molar-refractivity contribution in [2.24, 2.45) is 5.92 Å². The highest BCUT2D eigenvalue weighted by molar-refractivity contribution is 5.80. The van der Waals surface area contributed by atoms with Gasteiger partial charge in [-0.2, -0.15) is 0 Å². The van der Waals surface area contributed by atoms with Crippen molar-refractivity contribution in [2.45, 2.75) is 57.5 Å². The second-order valence-corrected chi connectivity index (χ2v) is 5.11. The van der Waals surface area contributed by atoms with Crippen molar-refractivity contribution in [3.8, 4) is 0 Å². The minimum atomic E-state index is 0.152. The molecule has 0 spiro atoms. The van der Waals surface area contributed by atoms with Crippen LogP contribution in [0, 0.1) is 5.92 Å². The molecule has 0 bridgehead atoms. The number of amides is 1. The molecule has 2 rings (SSSR count). The van der Waals surface area contributed by atoms with Crippen LogP contribution in [-0.2, 0) is 4.79 Å². The maximum absolute atomic E-state index is 12.1. The maximum Gasteiger partial charge on any atom is 0.225 e. The lowest BCUT2D eigenvalue weighted by atomic mass is 9.74. The monoisotopic (exact) mass is 210 g/mol. The Morgan fingerprint density at radius 1 is 1.53 bits per heavy atom. The van der Waals surface area contributed by atoms with E-state index in [-0.39, 0.29) is 17.4 Å². The van der Waals surface area contributed by atoms with E-state index >= 15 is 0 Å². The van der Waals surface area contributed by atoms with Gasteiger partial charge < -0.3 is 10.6 Å². The number of carbonyl (C=O) groups excluding carboxylic acids is 1. The van der Waals surface area contributed by atoms with Crippen molar-refractivity contribution < 1.29 is 4.79 Å². The number of rotatable bonds is 3. The molecule has 0 aromatic carbocycles. The summed E-state index contributed by atoms with van der Waals surface area (Å²) in [6.45, 7) is 5.27. The summed E-state index contributed by atoms with van der Waals surface area (Å²) in [4.78, 5) is 12.1. The Labute approximate surface area is 92.0 Å². The van der Waals surface area contributed by atoms with Crippen LogP contribution in [-0.4, -0.2) is 24.0 Å². The van der Waals surface area contributed by atoms with Crippen LogP contribution in [0.3, 0.4) is 0 Å². The van der Waals surface area contributed by atoms with E-state index in [2.05, 4.69) is 24.5 Å². The first-order valence-electron chi connectivity index (χ1n) is 6.22. The quantitative estimate of drug-likeness (QED) is 0.740. The molecule has 15 heavy (non-hydrogen) atoms. The second-order valence-electron chi connectivity index (χ2n) is 5.11. The van der Waals surface area contributed by atoms with E-state index in [4.69, 9.17) is 0 Å². The van der Waals surface area contributed by atoms with Gasteiger partial charge in [0.2, 0.25) is 5.91 Å². The Morgan fingerprint density at radius 2 is 2.27 bits per heavy atom. The SMILES string of the molecule is CCC1(NC(=O)C2CCNC2C)CCC1. The molecule has 0 aromatic heterocycles. The molecule has 1 saturated heterocycles. The topological polar surface area (TPSA) is 41.1 Å². The summed E-state index contributed by atoms with van der Waals surface area (Å²) in [6.07, 6.45) is 5.68. The summed E-state index contributed by atoms with van der Waals surface area (Å²) in [7, 11) is 0. The van der Waals surface area contributed by atoms with Gasteiger partial charge in [-0.05, 0) is 45.6 Å². The largest absolute Gasteiger partial charge is 0.350 e. The molecule has 2 N–H and O–H groups in total. The lowest BCUT2D eigenvalue weighted by Crippen LogP contribution is -2.55. The van der Waals surface area contributed by atoms with Crippen molar-refractivity contribution >= 4 is 5.91 Å². The maximum atomic E-state index is 12.1. The Morgan fingerprint density at radius 3 is 2.67 bits per heavy atom. The molecule has 2 atom stereocenters. The van der Waals surface area contributed by atoms with Gasteiger partial charge in [0.1, 0.15) is 0 Å². The minimum Gasteiger partial charge on any atom is -0.350 e. The molecule has 86 valence electrons. The van der Waals surface area contributed by atoms with Crippen LogP contribution in [0.15, 0.2) is 0 Å². The molecule has 2 aliphatic rings. The van der Waals surface area contributed by atoms with E-state index in [0.717, 1.165) is 19.4 Å². The lowest BCUT2D eigenvalue weighted by molar-refractivity contribution is -0.128. The third-order valence-electron chi connectivity index (χ3n) is 4.24. The average molecular weight is 210 g/mol. The van der Waals surface area contributed by atoms with Gasteiger partial charge in [0.05, 0.1) is 5.92 Å². The molecule has 2 unspecified atom stereocenters. The van der Waals surface area contributed by atoms with Crippen LogP contribution < -0.4 is 10.6 Å². The fraction of sp³-hybridized carbons (Fsp3) is 0.917. The van der Waals surface area contributed by atoms with Gasteiger partial charge in [-0.15, -0.1) is 0 Å². The summed E-state index contributed by atoms with van der Waals surface area (Å²) < 4.78 is 0. The third kappa shape index (κ3) is 2.03. The number of hydrogen-bond donors (Lipinski definition) is 2. The number of nitrogens with one attached hydrogen (secondary N) is 2. The van der Waals surface area contributed by atoms with Crippen LogP contribution >= 0.6 is 0 Å². The highest BCUT2D eigenvalue weighted by atomic mass is 16.2. The fourth-order valence-electron chi connectivity index (χ4n) is 2.74. The third-order valence-corrected chi connectivity index (χ3v) is 4.24. The van der Waals surface area contributed by atoms with E-state index in [1.54, 1.807) is 0 Å². The van der Waals surface area contributed by atoms with E-state index < -0.39 is 0 Å². The molecular weight excluding hydrogens is 188 g/mol. The molecule has 1 saturated carbocycles. The molecule has 0 radical (unpaired) electrons. The molecule has 2 fully saturated rings. The summed E-state index contributed by atoms with van der Waals surface area (Å²) in [5.41, 5.74) is 0.152. The van der Waals surface area contributed by atoms with E-state index in [1.165, 1.54) is 19.3 Å². The molecule has 1 amide bonds.